The highest BCUT2D eigenvalue weighted by molar-refractivity contribution is 5.65. The quantitative estimate of drug-likeness (QED) is 0.173. The van der Waals surface area contributed by atoms with E-state index in [2.05, 4.69) is 0 Å². The second kappa shape index (κ2) is 12.6. The molecule has 0 fully saturated rings. The number of nitro benzene ring substituents is 1. The third-order valence-electron chi connectivity index (χ3n) is 5.50. The van der Waals surface area contributed by atoms with Gasteiger partial charge in [0, 0.05) is 19.2 Å². The lowest BCUT2D eigenvalue weighted by Gasteiger charge is -2.35. The van der Waals surface area contributed by atoms with E-state index >= 15 is 0 Å². The van der Waals surface area contributed by atoms with Gasteiger partial charge in [-0.3, -0.25) is 10.1 Å². The number of carbonyl (C=O) groups is 2. The largest absolute Gasteiger partial charge is 0.513 e. The number of nitrogens with zero attached hydrogens (tertiary/aromatic N) is 2. The van der Waals surface area contributed by atoms with Crippen molar-refractivity contribution in [2.75, 3.05) is 20.3 Å². The molecule has 1 aliphatic rings. The first kappa shape index (κ1) is 26.7. The molecule has 10 heteroatoms. The standard InChI is InChI=1S/C24H32N2O8/c1-6-8-14-31-23(27)33-21-16(3)25(5)17(4)22(34-24(28)32-15-9-7-2)20(21)18-10-12-19(13-11-18)26(29)30/h10-13,20H,6-9,14-15H2,1-5H3. The zero-order chi connectivity index (χ0) is 25.3. The average molecular weight is 477 g/mol. The number of unbranched alkanes of at least 4 members (excludes halogenated alkanes) is 2. The maximum absolute atomic E-state index is 12.4. The smallest absolute Gasteiger partial charge is 0.434 e. The van der Waals surface area contributed by atoms with E-state index in [0.717, 1.165) is 12.8 Å². The Bertz CT molecular complexity index is 904. The number of ether oxygens (including phenoxy) is 4. The number of hydrogen-bond acceptors (Lipinski definition) is 9. The van der Waals surface area contributed by atoms with Gasteiger partial charge in [0.1, 0.15) is 17.4 Å². The molecule has 0 unspecified atom stereocenters. The molecule has 0 bridgehead atoms. The van der Waals surface area contributed by atoms with Crippen molar-refractivity contribution in [3.05, 3.63) is 62.9 Å². The second-order valence-corrected chi connectivity index (χ2v) is 7.85. The number of rotatable bonds is 10. The lowest BCUT2D eigenvalue weighted by atomic mass is 9.90. The molecule has 0 aromatic heterocycles. The summed E-state index contributed by atoms with van der Waals surface area (Å²) in [5.41, 5.74) is 1.63. The van der Waals surface area contributed by atoms with E-state index in [0.29, 0.717) is 29.8 Å². The van der Waals surface area contributed by atoms with Crippen LogP contribution in [0.2, 0.25) is 0 Å². The van der Waals surface area contributed by atoms with Crippen LogP contribution in [0, 0.1) is 10.1 Å². The maximum Gasteiger partial charge on any atom is 0.513 e. The second-order valence-electron chi connectivity index (χ2n) is 7.85. The van der Waals surface area contributed by atoms with Crippen molar-refractivity contribution >= 4 is 18.0 Å². The molecule has 0 saturated heterocycles. The minimum Gasteiger partial charge on any atom is -0.434 e. The van der Waals surface area contributed by atoms with Crippen LogP contribution in [-0.2, 0) is 18.9 Å². The van der Waals surface area contributed by atoms with Crippen LogP contribution in [0.3, 0.4) is 0 Å². The number of nitro groups is 1. The number of hydrogen-bond donors (Lipinski definition) is 0. The average Bonchev–Trinajstić information content (AvgIpc) is 2.81. The van der Waals surface area contributed by atoms with Crippen molar-refractivity contribution in [1.29, 1.82) is 0 Å². The van der Waals surface area contributed by atoms with Gasteiger partial charge in [0.15, 0.2) is 0 Å². The van der Waals surface area contributed by atoms with Crippen LogP contribution in [0.15, 0.2) is 47.2 Å². The van der Waals surface area contributed by atoms with Crippen molar-refractivity contribution in [1.82, 2.24) is 4.90 Å². The van der Waals surface area contributed by atoms with Crippen LogP contribution in [0.5, 0.6) is 0 Å². The summed E-state index contributed by atoms with van der Waals surface area (Å²) in [6.45, 7) is 7.88. The molecule has 0 atom stereocenters. The van der Waals surface area contributed by atoms with Gasteiger partial charge in [0.05, 0.1) is 29.5 Å². The Labute approximate surface area is 199 Å². The minimum absolute atomic E-state index is 0.0963. The van der Waals surface area contributed by atoms with Gasteiger partial charge in [-0.1, -0.05) is 38.8 Å². The predicted molar refractivity (Wildman–Crippen MR) is 124 cm³/mol. The van der Waals surface area contributed by atoms with E-state index in [1.807, 2.05) is 13.8 Å². The molecule has 0 aliphatic carbocycles. The molecular formula is C24H32N2O8. The van der Waals surface area contributed by atoms with Crippen LogP contribution in [0.4, 0.5) is 15.3 Å². The molecule has 2 rings (SSSR count). The summed E-state index contributed by atoms with van der Waals surface area (Å²) >= 11 is 0. The van der Waals surface area contributed by atoms with Crippen molar-refractivity contribution in [2.24, 2.45) is 0 Å². The van der Waals surface area contributed by atoms with Crippen molar-refractivity contribution < 1.29 is 33.5 Å². The fraction of sp³-hybridized carbons (Fsp3) is 0.500. The predicted octanol–water partition coefficient (Wildman–Crippen LogP) is 5.99. The van der Waals surface area contributed by atoms with Gasteiger partial charge in [-0.25, -0.2) is 9.59 Å². The summed E-state index contributed by atoms with van der Waals surface area (Å²) in [5.74, 6) is -0.436. The van der Waals surface area contributed by atoms with E-state index in [1.165, 1.54) is 24.3 Å². The first-order chi connectivity index (χ1) is 16.2. The van der Waals surface area contributed by atoms with Crippen LogP contribution in [0.25, 0.3) is 0 Å². The Morgan fingerprint density at radius 2 is 1.35 bits per heavy atom. The number of allylic oxidation sites excluding steroid dienone is 2. The molecule has 34 heavy (non-hydrogen) atoms. The molecular weight excluding hydrogens is 444 g/mol. The zero-order valence-electron chi connectivity index (χ0n) is 20.3. The highest BCUT2D eigenvalue weighted by Gasteiger charge is 2.37. The number of carbonyl (C=O) groups excluding carboxylic acids is 2. The summed E-state index contributed by atoms with van der Waals surface area (Å²) < 4.78 is 21.5. The number of non-ortho nitro benzene ring substituents is 1. The molecule has 0 radical (unpaired) electrons. The molecule has 0 amide bonds. The van der Waals surface area contributed by atoms with Crippen LogP contribution in [-0.4, -0.2) is 42.4 Å². The van der Waals surface area contributed by atoms with Crippen molar-refractivity contribution in [3.63, 3.8) is 0 Å². The van der Waals surface area contributed by atoms with Crippen LogP contribution < -0.4 is 0 Å². The summed E-state index contributed by atoms with van der Waals surface area (Å²) in [5, 5.41) is 11.1. The fourth-order valence-corrected chi connectivity index (χ4v) is 3.31. The zero-order valence-corrected chi connectivity index (χ0v) is 20.3. The van der Waals surface area contributed by atoms with E-state index < -0.39 is 23.2 Å². The van der Waals surface area contributed by atoms with Gasteiger partial charge < -0.3 is 23.8 Å². The molecule has 1 aromatic rings. The van der Waals surface area contributed by atoms with Gasteiger partial charge >= 0.3 is 12.3 Å². The summed E-state index contributed by atoms with van der Waals surface area (Å²) in [4.78, 5) is 37.2. The topological polar surface area (TPSA) is 117 Å². The maximum atomic E-state index is 12.4. The molecule has 1 heterocycles. The third-order valence-corrected chi connectivity index (χ3v) is 5.50. The Kier molecular flexibility index (Phi) is 9.91. The lowest BCUT2D eigenvalue weighted by Crippen LogP contribution is -2.30. The molecule has 186 valence electrons. The van der Waals surface area contributed by atoms with Gasteiger partial charge in [0.2, 0.25) is 0 Å². The SMILES string of the molecule is CCCCOC(=O)OC1=C(C)N(C)C(C)=C(OC(=O)OCCCC)C1c1ccc([N+](=O)[O-])cc1. The third kappa shape index (κ3) is 6.72. The molecule has 10 nitrogen and oxygen atoms in total. The fourth-order valence-electron chi connectivity index (χ4n) is 3.31. The Morgan fingerprint density at radius 3 is 1.74 bits per heavy atom. The molecule has 0 N–H and O–H groups in total. The summed E-state index contributed by atoms with van der Waals surface area (Å²) in [6, 6.07) is 5.75. The molecule has 0 spiro atoms. The van der Waals surface area contributed by atoms with Gasteiger partial charge in [-0.15, -0.1) is 0 Å². The van der Waals surface area contributed by atoms with Gasteiger partial charge in [-0.05, 0) is 32.3 Å². The van der Waals surface area contributed by atoms with E-state index in [4.69, 9.17) is 18.9 Å². The normalized spacial score (nSPS) is 14.2. The highest BCUT2D eigenvalue weighted by atomic mass is 16.7. The summed E-state index contributed by atoms with van der Waals surface area (Å²) in [7, 11) is 1.74. The molecule has 0 saturated carbocycles. The summed E-state index contributed by atoms with van der Waals surface area (Å²) in [6.07, 6.45) is 1.32. The lowest BCUT2D eigenvalue weighted by molar-refractivity contribution is -0.384. The van der Waals surface area contributed by atoms with Crippen molar-refractivity contribution in [3.8, 4) is 0 Å². The number of benzene rings is 1. The monoisotopic (exact) mass is 476 g/mol. The Balaban J connectivity index is 2.45. The van der Waals surface area contributed by atoms with Crippen molar-refractivity contribution in [2.45, 2.75) is 59.3 Å². The molecule has 1 aromatic carbocycles. The first-order valence-electron chi connectivity index (χ1n) is 11.3. The van der Waals surface area contributed by atoms with E-state index in [-0.39, 0.29) is 30.4 Å². The van der Waals surface area contributed by atoms with Crippen LogP contribution in [0.1, 0.15) is 64.9 Å². The Hall–Kier alpha value is -3.56. The van der Waals surface area contributed by atoms with E-state index in [1.54, 1.807) is 25.8 Å². The minimum atomic E-state index is -0.882. The first-order valence-corrected chi connectivity index (χ1v) is 11.3. The van der Waals surface area contributed by atoms with E-state index in [9.17, 15) is 19.7 Å². The molecule has 1 aliphatic heterocycles. The highest BCUT2D eigenvalue weighted by Crippen LogP contribution is 2.42. The van der Waals surface area contributed by atoms with Gasteiger partial charge in [-0.2, -0.15) is 0 Å². The van der Waals surface area contributed by atoms with Crippen LogP contribution >= 0.6 is 0 Å². The van der Waals surface area contributed by atoms with Gasteiger partial charge in [0.25, 0.3) is 5.69 Å². The Morgan fingerprint density at radius 1 is 0.912 bits per heavy atom.